The molecule has 0 amide bonds. The van der Waals surface area contributed by atoms with Gasteiger partial charge in [0.15, 0.2) is 6.10 Å². The molecule has 0 radical (unpaired) electrons. The average Bonchev–Trinajstić information content (AvgIpc) is 3.74. The smallest absolute Gasteiger partial charge is 0.405 e. The van der Waals surface area contributed by atoms with Crippen LogP contribution in [0.3, 0.4) is 0 Å². The van der Waals surface area contributed by atoms with E-state index in [4.69, 9.17) is 23.5 Å². The SMILES string of the molecule is CCC1(OC(=O)C2C3CC4C(OC(=O)C42)C3OC(=O)COCC(=O)OC(C)C(F)(F)S(=O)(=O)O)CC2C3CCC(C3)C2C1. The molecule has 240 valence electrons. The molecule has 6 rings (SSSR count). The molecular formula is C28H36F2O12S. The van der Waals surface area contributed by atoms with Gasteiger partial charge in [0.25, 0.3) is 0 Å². The van der Waals surface area contributed by atoms with Gasteiger partial charge in [0, 0.05) is 11.8 Å². The number of rotatable bonds is 11. The molecule has 0 aromatic carbocycles. The Hall–Kier alpha value is -2.39. The topological polar surface area (TPSA) is 169 Å². The quantitative estimate of drug-likeness (QED) is 0.200. The highest BCUT2D eigenvalue weighted by molar-refractivity contribution is 7.86. The number of carbonyl (C=O) groups excluding carboxylic acids is 4. The van der Waals surface area contributed by atoms with Crippen LogP contribution in [-0.4, -0.2) is 79.2 Å². The molecule has 5 saturated carbocycles. The summed E-state index contributed by atoms with van der Waals surface area (Å²) in [6.07, 6.45) is 2.40. The van der Waals surface area contributed by atoms with Gasteiger partial charge >= 0.3 is 39.2 Å². The molecule has 12 nitrogen and oxygen atoms in total. The zero-order valence-electron chi connectivity index (χ0n) is 23.8. The lowest BCUT2D eigenvalue weighted by Gasteiger charge is -2.35. The van der Waals surface area contributed by atoms with Gasteiger partial charge in [-0.1, -0.05) is 6.92 Å². The van der Waals surface area contributed by atoms with Crippen LogP contribution in [0.15, 0.2) is 0 Å². The molecule has 4 bridgehead atoms. The highest BCUT2D eigenvalue weighted by Gasteiger charge is 2.71. The van der Waals surface area contributed by atoms with Crippen molar-refractivity contribution in [2.45, 2.75) is 88.0 Å². The van der Waals surface area contributed by atoms with Gasteiger partial charge in [0.05, 0.1) is 11.8 Å². The van der Waals surface area contributed by atoms with Crippen LogP contribution in [0.1, 0.15) is 58.8 Å². The molecular weight excluding hydrogens is 598 g/mol. The van der Waals surface area contributed by atoms with Crippen LogP contribution >= 0.6 is 0 Å². The lowest BCUT2D eigenvalue weighted by Crippen LogP contribution is -2.46. The van der Waals surface area contributed by atoms with Crippen molar-refractivity contribution in [2.24, 2.45) is 47.3 Å². The van der Waals surface area contributed by atoms with Crippen molar-refractivity contribution in [2.75, 3.05) is 13.2 Å². The van der Waals surface area contributed by atoms with Crippen LogP contribution in [0, 0.1) is 47.3 Å². The summed E-state index contributed by atoms with van der Waals surface area (Å²) in [6.45, 7) is 0.806. The predicted molar refractivity (Wildman–Crippen MR) is 137 cm³/mol. The van der Waals surface area contributed by atoms with Gasteiger partial charge in [-0.25, -0.2) is 9.59 Å². The zero-order valence-corrected chi connectivity index (χ0v) is 24.6. The van der Waals surface area contributed by atoms with Crippen molar-refractivity contribution in [3.63, 3.8) is 0 Å². The summed E-state index contributed by atoms with van der Waals surface area (Å²) in [4.78, 5) is 50.9. The van der Waals surface area contributed by atoms with E-state index in [1.807, 2.05) is 6.92 Å². The van der Waals surface area contributed by atoms with E-state index in [-0.39, 0.29) is 5.92 Å². The van der Waals surface area contributed by atoms with E-state index in [1.54, 1.807) is 0 Å². The summed E-state index contributed by atoms with van der Waals surface area (Å²) in [7, 11) is -5.83. The van der Waals surface area contributed by atoms with E-state index < -0.39 is 94.1 Å². The van der Waals surface area contributed by atoms with E-state index in [1.165, 1.54) is 19.3 Å². The first-order valence-corrected chi connectivity index (χ1v) is 16.3. The Morgan fingerprint density at radius 1 is 1.05 bits per heavy atom. The Labute approximate surface area is 247 Å². The van der Waals surface area contributed by atoms with Gasteiger partial charge in [-0.3, -0.25) is 14.1 Å². The second kappa shape index (κ2) is 10.6. The number of ether oxygens (including phenoxy) is 5. The van der Waals surface area contributed by atoms with Gasteiger partial charge in [0.2, 0.25) is 0 Å². The number of hydrogen-bond donors (Lipinski definition) is 1. The molecule has 1 heterocycles. The minimum Gasteiger partial charge on any atom is -0.459 e. The molecule has 0 spiro atoms. The molecule has 6 aliphatic rings. The molecule has 1 N–H and O–H groups in total. The molecule has 0 aromatic heterocycles. The number of alkyl halides is 2. The molecule has 5 aliphatic carbocycles. The van der Waals surface area contributed by atoms with E-state index >= 15 is 0 Å². The lowest BCUT2D eigenvalue weighted by atomic mass is 9.78. The average molecular weight is 635 g/mol. The standard InChI is InChI=1S/C28H36F2O12S/c1-3-27(8-17-13-4-5-14(6-13)18(17)9-27)42-26(34)22-16-7-15-21(22)25(33)41-24(15)23(16)40-20(32)11-38-10-19(31)39-12(2)28(29,30)43(35,36)37/h12-18,21-24H,3-11H2,1-2H3,(H,35,36,37). The fraction of sp³-hybridized carbons (Fsp3) is 0.857. The minimum atomic E-state index is -5.83. The molecule has 1 aliphatic heterocycles. The molecule has 0 aromatic rings. The highest BCUT2D eigenvalue weighted by atomic mass is 32.2. The summed E-state index contributed by atoms with van der Waals surface area (Å²) in [5, 5.41) is -4.75. The van der Waals surface area contributed by atoms with Crippen molar-refractivity contribution in [3.8, 4) is 0 Å². The first kappa shape index (κ1) is 30.6. The number of carbonyl (C=O) groups is 4. The third-order valence-corrected chi connectivity index (χ3v) is 12.1. The zero-order chi connectivity index (χ0) is 31.1. The molecule has 43 heavy (non-hydrogen) atoms. The molecule has 1 saturated heterocycles. The van der Waals surface area contributed by atoms with Crippen LogP contribution in [-0.2, 0) is 53.0 Å². The van der Waals surface area contributed by atoms with E-state index in [0.29, 0.717) is 43.4 Å². The normalized spacial score (nSPS) is 41.2. The Morgan fingerprint density at radius 3 is 2.28 bits per heavy atom. The maximum Gasteiger partial charge on any atom is 0.405 e. The van der Waals surface area contributed by atoms with Crippen molar-refractivity contribution < 1.29 is 64.6 Å². The Balaban J connectivity index is 1.04. The monoisotopic (exact) mass is 634 g/mol. The van der Waals surface area contributed by atoms with Crippen LogP contribution in [0.25, 0.3) is 0 Å². The molecule has 11 unspecified atom stereocenters. The maximum atomic E-state index is 13.7. The molecule has 15 heteroatoms. The van der Waals surface area contributed by atoms with Crippen LogP contribution in [0.2, 0.25) is 0 Å². The third kappa shape index (κ3) is 5.02. The Kier molecular flexibility index (Phi) is 7.56. The van der Waals surface area contributed by atoms with Gasteiger partial charge in [-0.2, -0.15) is 17.2 Å². The molecule has 6 fully saturated rings. The van der Waals surface area contributed by atoms with E-state index in [2.05, 4.69) is 4.74 Å². The fourth-order valence-electron chi connectivity index (χ4n) is 9.22. The van der Waals surface area contributed by atoms with Crippen LogP contribution < -0.4 is 0 Å². The first-order chi connectivity index (χ1) is 20.2. The maximum absolute atomic E-state index is 13.7. The minimum absolute atomic E-state index is 0.300. The lowest BCUT2D eigenvalue weighted by molar-refractivity contribution is -0.178. The summed E-state index contributed by atoms with van der Waals surface area (Å²) in [5.74, 6) is -3.05. The highest BCUT2D eigenvalue weighted by Crippen LogP contribution is 2.63. The van der Waals surface area contributed by atoms with E-state index in [0.717, 1.165) is 12.8 Å². The van der Waals surface area contributed by atoms with Crippen LogP contribution in [0.4, 0.5) is 8.78 Å². The number of halogens is 2. The summed E-state index contributed by atoms with van der Waals surface area (Å²) < 4.78 is 83.8. The van der Waals surface area contributed by atoms with Crippen molar-refractivity contribution in [1.29, 1.82) is 0 Å². The summed E-state index contributed by atoms with van der Waals surface area (Å²) in [6, 6.07) is 0. The van der Waals surface area contributed by atoms with Gasteiger partial charge in [0.1, 0.15) is 31.0 Å². The van der Waals surface area contributed by atoms with Gasteiger partial charge in [-0.05, 0) is 75.5 Å². The number of fused-ring (bicyclic) bond motifs is 6. The fourth-order valence-corrected chi connectivity index (χ4v) is 9.68. The van der Waals surface area contributed by atoms with Crippen molar-refractivity contribution in [1.82, 2.24) is 0 Å². The second-order valence-corrected chi connectivity index (χ2v) is 14.7. The predicted octanol–water partition coefficient (Wildman–Crippen LogP) is 2.28. The van der Waals surface area contributed by atoms with Gasteiger partial charge < -0.3 is 23.7 Å². The van der Waals surface area contributed by atoms with Crippen molar-refractivity contribution >= 4 is 34.0 Å². The molecule has 11 atom stereocenters. The number of hydrogen-bond acceptors (Lipinski definition) is 11. The summed E-state index contributed by atoms with van der Waals surface area (Å²) in [5.41, 5.74) is -0.561. The first-order valence-electron chi connectivity index (χ1n) is 14.9. The largest absolute Gasteiger partial charge is 0.459 e. The summed E-state index contributed by atoms with van der Waals surface area (Å²) >= 11 is 0. The Bertz CT molecular complexity index is 1280. The Morgan fingerprint density at radius 2 is 1.67 bits per heavy atom. The van der Waals surface area contributed by atoms with Gasteiger partial charge in [-0.15, -0.1) is 0 Å². The van der Waals surface area contributed by atoms with E-state index in [9.17, 15) is 36.4 Å². The second-order valence-electron chi connectivity index (χ2n) is 13.2. The van der Waals surface area contributed by atoms with Crippen molar-refractivity contribution in [3.05, 3.63) is 0 Å². The number of esters is 4. The third-order valence-electron chi connectivity index (χ3n) is 11.1. The van der Waals surface area contributed by atoms with Crippen LogP contribution in [0.5, 0.6) is 0 Å².